The molecule has 0 aliphatic rings. The fourth-order valence-electron chi connectivity index (χ4n) is 4.02. The number of aliphatic carboxylic acids is 1. The van der Waals surface area contributed by atoms with Crippen LogP contribution in [0.15, 0.2) is 33.9 Å². The zero-order valence-corrected chi connectivity index (χ0v) is 24.2. The number of carboxylic acids is 1. The molecule has 230 valence electrons. The van der Waals surface area contributed by atoms with E-state index in [9.17, 15) is 32.7 Å². The average Bonchev–Trinajstić information content (AvgIpc) is 2.89. The molecule has 1 aromatic carbocycles. The van der Waals surface area contributed by atoms with Crippen LogP contribution in [0.25, 0.3) is 0 Å². The van der Waals surface area contributed by atoms with Crippen LogP contribution in [0.3, 0.4) is 0 Å². The first-order chi connectivity index (χ1) is 19.2. The van der Waals surface area contributed by atoms with E-state index in [0.29, 0.717) is 30.9 Å². The van der Waals surface area contributed by atoms with Crippen molar-refractivity contribution in [3.63, 3.8) is 0 Å². The first kappa shape index (κ1) is 33.7. The summed E-state index contributed by atoms with van der Waals surface area (Å²) in [6, 6.07) is 6.44. The van der Waals surface area contributed by atoms with Crippen molar-refractivity contribution in [3.8, 4) is 11.5 Å². The zero-order chi connectivity index (χ0) is 30.6. The SMILES string of the molecule is CCCCCCCn1nc(N(CCCOc2cccc(OC(C)(C)C(=O)O)c2)CCCC(F)(F)F)c(=O)n(C)c1=O. The Morgan fingerprint density at radius 1 is 1.02 bits per heavy atom. The molecule has 2 rings (SSSR count). The number of hydrogen-bond acceptors (Lipinski definition) is 7. The molecular weight excluding hydrogens is 545 g/mol. The van der Waals surface area contributed by atoms with Gasteiger partial charge in [0.25, 0.3) is 5.56 Å². The first-order valence-corrected chi connectivity index (χ1v) is 13.9. The molecule has 13 heteroatoms. The molecule has 0 aliphatic heterocycles. The molecule has 0 saturated heterocycles. The molecule has 0 unspecified atom stereocenters. The van der Waals surface area contributed by atoms with Gasteiger partial charge in [0, 0.05) is 39.2 Å². The van der Waals surface area contributed by atoms with E-state index in [0.717, 1.165) is 30.3 Å². The van der Waals surface area contributed by atoms with Crippen molar-refractivity contribution in [1.29, 1.82) is 0 Å². The van der Waals surface area contributed by atoms with Gasteiger partial charge in [0.2, 0.25) is 5.82 Å². The topological polar surface area (TPSA) is 116 Å². The quantitative estimate of drug-likeness (QED) is 0.248. The summed E-state index contributed by atoms with van der Waals surface area (Å²) in [5.41, 5.74) is -2.68. The first-order valence-electron chi connectivity index (χ1n) is 13.9. The molecule has 0 spiro atoms. The van der Waals surface area contributed by atoms with Crippen molar-refractivity contribution in [2.45, 2.75) is 90.5 Å². The molecule has 1 aromatic heterocycles. The third-order valence-electron chi connectivity index (χ3n) is 6.42. The maximum Gasteiger partial charge on any atom is 0.389 e. The van der Waals surface area contributed by atoms with Gasteiger partial charge < -0.3 is 19.5 Å². The number of anilines is 1. The summed E-state index contributed by atoms with van der Waals surface area (Å²) < 4.78 is 52.0. The average molecular weight is 587 g/mol. The Morgan fingerprint density at radius 3 is 2.34 bits per heavy atom. The van der Waals surface area contributed by atoms with Gasteiger partial charge >= 0.3 is 17.8 Å². The minimum absolute atomic E-state index is 0.0749. The van der Waals surface area contributed by atoms with Gasteiger partial charge in [0.05, 0.1) is 6.61 Å². The number of ether oxygens (including phenoxy) is 2. The Hall–Kier alpha value is -3.51. The van der Waals surface area contributed by atoms with Crippen molar-refractivity contribution in [3.05, 3.63) is 45.1 Å². The van der Waals surface area contributed by atoms with Crippen LogP contribution in [0.4, 0.5) is 19.0 Å². The minimum atomic E-state index is -4.34. The highest BCUT2D eigenvalue weighted by molar-refractivity contribution is 5.76. The number of halogens is 3. The lowest BCUT2D eigenvalue weighted by molar-refractivity contribution is -0.152. The van der Waals surface area contributed by atoms with Crippen LogP contribution in [0.2, 0.25) is 0 Å². The number of aromatic nitrogens is 3. The van der Waals surface area contributed by atoms with E-state index in [-0.39, 0.29) is 31.9 Å². The zero-order valence-electron chi connectivity index (χ0n) is 24.2. The highest BCUT2D eigenvalue weighted by atomic mass is 19.4. The van der Waals surface area contributed by atoms with Crippen LogP contribution in [0, 0.1) is 0 Å². The van der Waals surface area contributed by atoms with Crippen LogP contribution in [-0.4, -0.2) is 56.9 Å². The standard InChI is InChI=1S/C28H41F3N4O6/c1-5-6-7-8-9-18-35-26(39)33(4)24(36)23(32-35)34(16-11-15-28(29,30)31)17-12-19-40-21-13-10-14-22(20-21)41-27(2,3)25(37)38/h10,13-14,20H,5-9,11-12,15-19H2,1-4H3,(H,37,38). The molecule has 10 nitrogen and oxygen atoms in total. The monoisotopic (exact) mass is 586 g/mol. The molecule has 0 amide bonds. The number of hydrogen-bond donors (Lipinski definition) is 1. The smallest absolute Gasteiger partial charge is 0.389 e. The predicted octanol–water partition coefficient (Wildman–Crippen LogP) is 4.77. The van der Waals surface area contributed by atoms with Gasteiger partial charge in [-0.2, -0.15) is 13.2 Å². The second-order valence-corrected chi connectivity index (χ2v) is 10.4. The molecule has 1 N–H and O–H groups in total. The Bertz CT molecular complexity index is 1240. The molecule has 41 heavy (non-hydrogen) atoms. The molecule has 0 atom stereocenters. The molecular formula is C28H41F3N4O6. The van der Waals surface area contributed by atoms with E-state index in [4.69, 9.17) is 9.47 Å². The Kier molecular flexibility index (Phi) is 12.7. The summed E-state index contributed by atoms with van der Waals surface area (Å²) in [6.45, 7) is 5.48. The van der Waals surface area contributed by atoms with Gasteiger partial charge in [-0.3, -0.25) is 9.36 Å². The number of rotatable bonds is 18. The van der Waals surface area contributed by atoms with Crippen LogP contribution < -0.4 is 25.6 Å². The van der Waals surface area contributed by atoms with Crippen LogP contribution >= 0.6 is 0 Å². The summed E-state index contributed by atoms with van der Waals surface area (Å²) in [5.74, 6) is -0.488. The number of unbranched alkanes of at least 4 members (excludes halogenated alkanes) is 4. The van der Waals surface area contributed by atoms with E-state index >= 15 is 0 Å². The largest absolute Gasteiger partial charge is 0.493 e. The lowest BCUT2D eigenvalue weighted by Crippen LogP contribution is -2.44. The van der Waals surface area contributed by atoms with E-state index < -0.39 is 35.4 Å². The van der Waals surface area contributed by atoms with Crippen molar-refractivity contribution in [1.82, 2.24) is 14.3 Å². The normalized spacial score (nSPS) is 11.9. The summed E-state index contributed by atoms with van der Waals surface area (Å²) >= 11 is 0. The third-order valence-corrected chi connectivity index (χ3v) is 6.42. The molecule has 2 aromatic rings. The molecule has 0 aliphatic carbocycles. The lowest BCUT2D eigenvalue weighted by atomic mass is 10.1. The number of nitrogens with zero attached hydrogens (tertiary/aromatic N) is 4. The molecule has 0 bridgehead atoms. The van der Waals surface area contributed by atoms with Gasteiger partial charge in [-0.25, -0.2) is 14.3 Å². The number of benzene rings is 1. The molecule has 0 saturated carbocycles. The summed E-state index contributed by atoms with van der Waals surface area (Å²) in [7, 11) is 1.33. The van der Waals surface area contributed by atoms with Gasteiger partial charge in [-0.1, -0.05) is 38.7 Å². The van der Waals surface area contributed by atoms with E-state index in [1.54, 1.807) is 24.3 Å². The van der Waals surface area contributed by atoms with Crippen LogP contribution in [0.5, 0.6) is 11.5 Å². The summed E-state index contributed by atoms with van der Waals surface area (Å²) in [4.78, 5) is 38.4. The highest BCUT2D eigenvalue weighted by Gasteiger charge is 2.29. The number of carbonyl (C=O) groups is 1. The van der Waals surface area contributed by atoms with Gasteiger partial charge in [-0.05, 0) is 45.2 Å². The Labute approximate surface area is 237 Å². The highest BCUT2D eigenvalue weighted by Crippen LogP contribution is 2.24. The van der Waals surface area contributed by atoms with Crippen molar-refractivity contribution in [2.24, 2.45) is 7.05 Å². The fraction of sp³-hybridized carbons (Fsp3) is 0.643. The van der Waals surface area contributed by atoms with E-state index in [2.05, 4.69) is 12.0 Å². The maximum atomic E-state index is 12.9. The van der Waals surface area contributed by atoms with Crippen LogP contribution in [0.1, 0.15) is 72.1 Å². The van der Waals surface area contributed by atoms with Gasteiger partial charge in [-0.15, -0.1) is 5.10 Å². The number of alkyl halides is 3. The Morgan fingerprint density at radius 2 is 1.68 bits per heavy atom. The number of aryl methyl sites for hydroxylation is 1. The molecule has 0 radical (unpaired) electrons. The fourth-order valence-corrected chi connectivity index (χ4v) is 4.02. The van der Waals surface area contributed by atoms with Crippen LogP contribution in [-0.2, 0) is 18.4 Å². The Balaban J connectivity index is 2.14. The van der Waals surface area contributed by atoms with Gasteiger partial charge in [0.15, 0.2) is 5.60 Å². The number of carboxylic acid groups (broad SMARTS) is 1. The van der Waals surface area contributed by atoms with Gasteiger partial charge in [0.1, 0.15) is 11.5 Å². The van der Waals surface area contributed by atoms with Crippen molar-refractivity contribution >= 4 is 11.8 Å². The van der Waals surface area contributed by atoms with E-state index in [1.807, 2.05) is 0 Å². The summed E-state index contributed by atoms with van der Waals surface area (Å²) in [6.07, 6.45) is -0.522. The van der Waals surface area contributed by atoms with E-state index in [1.165, 1.54) is 30.5 Å². The lowest BCUT2D eigenvalue weighted by Gasteiger charge is -2.24. The molecule has 1 heterocycles. The second kappa shape index (κ2) is 15.5. The molecule has 0 fully saturated rings. The second-order valence-electron chi connectivity index (χ2n) is 10.4. The third kappa shape index (κ3) is 11.1. The van der Waals surface area contributed by atoms with Crippen molar-refractivity contribution < 1.29 is 32.5 Å². The summed E-state index contributed by atoms with van der Waals surface area (Å²) in [5, 5.41) is 13.5. The van der Waals surface area contributed by atoms with Crippen molar-refractivity contribution in [2.75, 3.05) is 24.6 Å². The minimum Gasteiger partial charge on any atom is -0.493 e. The maximum absolute atomic E-state index is 12.9. The predicted molar refractivity (Wildman–Crippen MR) is 149 cm³/mol.